The lowest BCUT2D eigenvalue weighted by molar-refractivity contribution is -0.116. The first kappa shape index (κ1) is 23.4. The van der Waals surface area contributed by atoms with Crippen LogP contribution in [0, 0.1) is 0 Å². The predicted octanol–water partition coefficient (Wildman–Crippen LogP) is 3.29. The van der Waals surface area contributed by atoms with Crippen molar-refractivity contribution in [3.05, 3.63) is 78.2 Å². The highest BCUT2D eigenvalue weighted by Crippen LogP contribution is 2.23. The molecule has 34 heavy (non-hydrogen) atoms. The fourth-order valence-electron chi connectivity index (χ4n) is 3.45. The number of pyridine rings is 2. The van der Waals surface area contributed by atoms with Crippen molar-refractivity contribution in [2.45, 2.75) is 37.2 Å². The van der Waals surface area contributed by atoms with E-state index in [0.717, 1.165) is 18.4 Å². The fourth-order valence-corrected chi connectivity index (χ4v) is 4.70. The molecule has 10 heteroatoms. The molecule has 1 aliphatic heterocycles. The van der Waals surface area contributed by atoms with Gasteiger partial charge in [0.15, 0.2) is 11.6 Å². The Balaban J connectivity index is 1.20. The number of aromatic nitrogens is 2. The minimum atomic E-state index is -3.52. The summed E-state index contributed by atoms with van der Waals surface area (Å²) in [7, 11) is -3.52. The molecule has 9 nitrogen and oxygen atoms in total. The molecule has 0 unspecified atom stereocenters. The number of sulfonamides is 1. The third-order valence-electron chi connectivity index (χ3n) is 5.17. The van der Waals surface area contributed by atoms with E-state index >= 15 is 0 Å². The zero-order valence-electron chi connectivity index (χ0n) is 18.5. The Morgan fingerprint density at radius 1 is 1.00 bits per heavy atom. The Kier molecular flexibility index (Phi) is 7.48. The predicted molar refractivity (Wildman–Crippen MR) is 128 cm³/mol. The number of carbonyl (C=O) groups is 1. The maximum Gasteiger partial charge on any atom is 0.263 e. The van der Waals surface area contributed by atoms with Gasteiger partial charge < -0.3 is 10.1 Å². The Morgan fingerprint density at radius 3 is 2.68 bits per heavy atom. The van der Waals surface area contributed by atoms with Gasteiger partial charge in [-0.2, -0.15) is 0 Å². The normalized spacial score (nSPS) is 14.9. The highest BCUT2D eigenvalue weighted by atomic mass is 32.2. The number of carbonyl (C=O) groups excluding carboxylic acids is 1. The first-order valence-corrected chi connectivity index (χ1v) is 12.4. The number of benzene rings is 1. The van der Waals surface area contributed by atoms with Gasteiger partial charge in [-0.25, -0.2) is 13.4 Å². The Morgan fingerprint density at radius 2 is 1.82 bits per heavy atom. The standard InChI is InChI=1S/C24H25N5O4S/c30-22(28-24-20(8-6-14-27-24)33-17-18-11-15-25-16-12-18)10-2-1-5-13-26-23-19-7-3-4-9-21(19)34(31,32)29-23/h3-4,6-9,11-12,14-16H,1-2,5,10,13,17H2,(H,26,29)(H,27,28,30). The van der Waals surface area contributed by atoms with E-state index in [9.17, 15) is 13.2 Å². The number of amides is 1. The second kappa shape index (κ2) is 10.9. The summed E-state index contributed by atoms with van der Waals surface area (Å²) in [5.74, 6) is 1.13. The molecule has 3 heterocycles. The number of rotatable bonds is 10. The molecule has 176 valence electrons. The van der Waals surface area contributed by atoms with Gasteiger partial charge in [0.1, 0.15) is 12.4 Å². The van der Waals surface area contributed by atoms with Gasteiger partial charge in [0.25, 0.3) is 10.0 Å². The number of ether oxygens (including phenoxy) is 1. The van der Waals surface area contributed by atoms with Crippen molar-refractivity contribution in [2.24, 2.45) is 4.99 Å². The van der Waals surface area contributed by atoms with Gasteiger partial charge in [-0.05, 0) is 54.8 Å². The molecule has 0 fully saturated rings. The molecular formula is C24H25N5O4S. The largest absolute Gasteiger partial charge is 0.485 e. The average Bonchev–Trinajstić information content (AvgIpc) is 3.11. The molecule has 1 aromatic carbocycles. The van der Waals surface area contributed by atoms with Gasteiger partial charge >= 0.3 is 0 Å². The zero-order valence-corrected chi connectivity index (χ0v) is 19.3. The summed E-state index contributed by atoms with van der Waals surface area (Å²) in [5, 5.41) is 2.81. The summed E-state index contributed by atoms with van der Waals surface area (Å²) in [4.78, 5) is 25.2. The van der Waals surface area contributed by atoms with E-state index in [4.69, 9.17) is 4.74 Å². The zero-order chi connectivity index (χ0) is 23.8. The minimum absolute atomic E-state index is 0.142. The topological polar surface area (TPSA) is 123 Å². The summed E-state index contributed by atoms with van der Waals surface area (Å²) in [6.45, 7) is 0.821. The maximum atomic E-state index is 12.4. The summed E-state index contributed by atoms with van der Waals surface area (Å²) in [6, 6.07) is 14.0. The van der Waals surface area contributed by atoms with E-state index in [0.29, 0.717) is 49.0 Å². The second-order valence-electron chi connectivity index (χ2n) is 7.69. The fraction of sp³-hybridized carbons (Fsp3) is 0.250. The van der Waals surface area contributed by atoms with Crippen LogP contribution in [-0.2, 0) is 21.4 Å². The van der Waals surface area contributed by atoms with Gasteiger partial charge in [0.05, 0.1) is 4.90 Å². The highest BCUT2D eigenvalue weighted by molar-refractivity contribution is 7.90. The van der Waals surface area contributed by atoms with Crippen LogP contribution in [0.15, 0.2) is 77.0 Å². The number of hydrogen-bond acceptors (Lipinski definition) is 7. The van der Waals surface area contributed by atoms with Gasteiger partial charge in [0.2, 0.25) is 5.91 Å². The lowest BCUT2D eigenvalue weighted by atomic mass is 10.2. The Bertz CT molecular complexity index is 1280. The minimum Gasteiger partial charge on any atom is -0.485 e. The van der Waals surface area contributed by atoms with Gasteiger partial charge in [0, 0.05) is 37.1 Å². The van der Waals surface area contributed by atoms with Crippen LogP contribution in [0.1, 0.15) is 36.8 Å². The monoisotopic (exact) mass is 479 g/mol. The van der Waals surface area contributed by atoms with Crippen molar-refractivity contribution in [3.63, 3.8) is 0 Å². The molecule has 0 radical (unpaired) electrons. The van der Waals surface area contributed by atoms with E-state index in [2.05, 4.69) is 25.0 Å². The summed E-state index contributed by atoms with van der Waals surface area (Å²) in [6.07, 6.45) is 7.54. The average molecular weight is 480 g/mol. The van der Waals surface area contributed by atoms with Crippen LogP contribution in [0.3, 0.4) is 0 Å². The number of aliphatic imine (C=N–C) groups is 1. The molecule has 0 saturated carbocycles. The van der Waals surface area contributed by atoms with Crippen molar-refractivity contribution < 1.29 is 17.9 Å². The molecule has 2 aromatic heterocycles. The van der Waals surface area contributed by atoms with E-state index in [1.54, 1.807) is 55.0 Å². The maximum absolute atomic E-state index is 12.4. The third-order valence-corrected chi connectivity index (χ3v) is 6.56. The molecule has 0 spiro atoms. The molecule has 0 bridgehead atoms. The van der Waals surface area contributed by atoms with E-state index < -0.39 is 10.0 Å². The first-order chi connectivity index (χ1) is 16.5. The van der Waals surface area contributed by atoms with Crippen molar-refractivity contribution in [1.29, 1.82) is 0 Å². The molecule has 1 amide bonds. The number of nitrogens with one attached hydrogen (secondary N) is 2. The molecule has 3 aromatic rings. The van der Waals surface area contributed by atoms with Crippen LogP contribution >= 0.6 is 0 Å². The number of fused-ring (bicyclic) bond motifs is 1. The molecular weight excluding hydrogens is 454 g/mol. The summed E-state index contributed by atoms with van der Waals surface area (Å²) < 4.78 is 32.5. The van der Waals surface area contributed by atoms with Crippen LogP contribution in [0.4, 0.5) is 5.82 Å². The van der Waals surface area contributed by atoms with Crippen LogP contribution in [0.5, 0.6) is 5.75 Å². The molecule has 2 N–H and O–H groups in total. The van der Waals surface area contributed by atoms with Crippen LogP contribution in [-0.4, -0.2) is 36.7 Å². The van der Waals surface area contributed by atoms with Crippen molar-refractivity contribution >= 4 is 27.6 Å². The van der Waals surface area contributed by atoms with Crippen LogP contribution in [0.2, 0.25) is 0 Å². The second-order valence-corrected chi connectivity index (χ2v) is 9.34. The van der Waals surface area contributed by atoms with E-state index in [1.807, 2.05) is 12.1 Å². The quantitative estimate of drug-likeness (QED) is 0.430. The van der Waals surface area contributed by atoms with Crippen LogP contribution in [0.25, 0.3) is 0 Å². The highest BCUT2D eigenvalue weighted by Gasteiger charge is 2.29. The number of amidine groups is 1. The number of unbranched alkanes of at least 4 members (excludes halogenated alkanes) is 2. The third kappa shape index (κ3) is 5.96. The van der Waals surface area contributed by atoms with Crippen molar-refractivity contribution in [3.8, 4) is 5.75 Å². The summed E-state index contributed by atoms with van der Waals surface area (Å²) >= 11 is 0. The molecule has 0 aliphatic carbocycles. The molecule has 0 saturated heterocycles. The van der Waals surface area contributed by atoms with E-state index in [-0.39, 0.29) is 10.8 Å². The van der Waals surface area contributed by atoms with Crippen LogP contribution < -0.4 is 14.8 Å². The Labute approximate surface area is 198 Å². The molecule has 1 aliphatic rings. The number of nitrogens with zero attached hydrogens (tertiary/aromatic N) is 3. The first-order valence-electron chi connectivity index (χ1n) is 11.0. The molecule has 0 atom stereocenters. The molecule has 4 rings (SSSR count). The lowest BCUT2D eigenvalue weighted by Gasteiger charge is -2.11. The summed E-state index contributed by atoms with van der Waals surface area (Å²) in [5.41, 5.74) is 1.56. The van der Waals surface area contributed by atoms with Crippen molar-refractivity contribution in [1.82, 2.24) is 14.7 Å². The number of anilines is 1. The van der Waals surface area contributed by atoms with Gasteiger partial charge in [-0.3, -0.25) is 19.5 Å². The van der Waals surface area contributed by atoms with Gasteiger partial charge in [-0.15, -0.1) is 0 Å². The Hall–Kier alpha value is -3.79. The van der Waals surface area contributed by atoms with Gasteiger partial charge in [-0.1, -0.05) is 18.6 Å². The SMILES string of the molecule is O=C(CCCCCN=C1NS(=O)(=O)c2ccccc21)Nc1ncccc1OCc1ccncc1. The van der Waals surface area contributed by atoms with Crippen molar-refractivity contribution in [2.75, 3.05) is 11.9 Å². The smallest absolute Gasteiger partial charge is 0.263 e. The van der Waals surface area contributed by atoms with E-state index in [1.165, 1.54) is 0 Å². The lowest BCUT2D eigenvalue weighted by Crippen LogP contribution is -2.22. The number of hydrogen-bond donors (Lipinski definition) is 2.